The second-order valence-corrected chi connectivity index (χ2v) is 14.5. The number of carbonyl (C=O) groups excluding carboxylic acids is 1. The topological polar surface area (TPSA) is 87.5 Å². The molecule has 0 unspecified atom stereocenters. The summed E-state index contributed by atoms with van der Waals surface area (Å²) in [5.41, 5.74) is 14.5. The van der Waals surface area contributed by atoms with E-state index in [2.05, 4.69) is 57.9 Å². The SMILES string of the molecule is CC1(C)CCC(CN2CCN(c3ccc(C(N)=O)c(Oc4cnc5[nH]ccc5c4)c3)CC2)=C(c2ccc(Cl)cc2-c2ccc(Cl)cc2)C1. The monoisotopic (exact) mass is 679 g/mol. The van der Waals surface area contributed by atoms with E-state index in [1.54, 1.807) is 12.3 Å². The number of aromatic amines is 1. The number of hydrogen-bond donors (Lipinski definition) is 2. The summed E-state index contributed by atoms with van der Waals surface area (Å²) in [4.78, 5) is 24.7. The fraction of sp³-hybridized carbons (Fsp3) is 0.282. The van der Waals surface area contributed by atoms with Gasteiger partial charge in [-0.05, 0) is 95.5 Å². The maximum atomic E-state index is 12.3. The van der Waals surface area contributed by atoms with Crippen LogP contribution in [0.1, 0.15) is 49.0 Å². The van der Waals surface area contributed by atoms with Gasteiger partial charge < -0.3 is 20.4 Å². The number of primary amides is 1. The Labute approximate surface area is 291 Å². The molecule has 1 fully saturated rings. The zero-order valence-electron chi connectivity index (χ0n) is 27.2. The third kappa shape index (κ3) is 6.95. The van der Waals surface area contributed by atoms with Crippen LogP contribution in [0.3, 0.4) is 0 Å². The molecular weight excluding hydrogens is 641 g/mol. The van der Waals surface area contributed by atoms with E-state index in [1.807, 2.05) is 48.7 Å². The number of piperazine rings is 1. The van der Waals surface area contributed by atoms with E-state index >= 15 is 0 Å². The third-order valence-corrected chi connectivity index (χ3v) is 10.1. The minimum absolute atomic E-state index is 0.217. The van der Waals surface area contributed by atoms with E-state index < -0.39 is 5.91 Å². The Morgan fingerprint density at radius 1 is 0.938 bits per heavy atom. The van der Waals surface area contributed by atoms with Crippen molar-refractivity contribution in [3.63, 3.8) is 0 Å². The van der Waals surface area contributed by atoms with E-state index in [9.17, 15) is 4.79 Å². The Morgan fingerprint density at radius 2 is 1.71 bits per heavy atom. The van der Waals surface area contributed by atoms with Gasteiger partial charge in [0.25, 0.3) is 5.91 Å². The average Bonchev–Trinajstić information content (AvgIpc) is 3.54. The number of nitrogens with one attached hydrogen (secondary N) is 1. The molecule has 7 nitrogen and oxygen atoms in total. The van der Waals surface area contributed by atoms with Gasteiger partial charge in [-0.3, -0.25) is 9.69 Å². The Morgan fingerprint density at radius 3 is 2.48 bits per heavy atom. The Balaban J connectivity index is 1.11. The number of hydrogen-bond acceptors (Lipinski definition) is 5. The van der Waals surface area contributed by atoms with Crippen molar-refractivity contribution in [3.05, 3.63) is 112 Å². The molecule has 1 aliphatic heterocycles. The van der Waals surface area contributed by atoms with Crippen LogP contribution in [0.15, 0.2) is 90.8 Å². The van der Waals surface area contributed by atoms with E-state index in [0.717, 1.165) is 89.9 Å². The molecule has 0 bridgehead atoms. The third-order valence-electron chi connectivity index (χ3n) is 9.63. The smallest absolute Gasteiger partial charge is 0.252 e. The largest absolute Gasteiger partial charge is 0.455 e. The molecule has 3 aromatic carbocycles. The van der Waals surface area contributed by atoms with Gasteiger partial charge in [-0.1, -0.05) is 60.8 Å². The van der Waals surface area contributed by atoms with Gasteiger partial charge in [-0.2, -0.15) is 0 Å². The van der Waals surface area contributed by atoms with Crippen molar-refractivity contribution in [1.82, 2.24) is 14.9 Å². The minimum Gasteiger partial charge on any atom is -0.455 e. The van der Waals surface area contributed by atoms with Crippen LogP contribution in [0.5, 0.6) is 11.5 Å². The first kappa shape index (κ1) is 32.3. The number of anilines is 1. The van der Waals surface area contributed by atoms with Gasteiger partial charge in [0.1, 0.15) is 17.1 Å². The molecule has 246 valence electrons. The van der Waals surface area contributed by atoms with Crippen LogP contribution in [0.2, 0.25) is 10.0 Å². The second kappa shape index (κ2) is 13.3. The molecule has 3 heterocycles. The van der Waals surface area contributed by atoms with Gasteiger partial charge in [0.05, 0.1) is 11.8 Å². The summed E-state index contributed by atoms with van der Waals surface area (Å²) in [6.45, 7) is 9.24. The molecule has 3 N–H and O–H groups in total. The number of nitrogens with two attached hydrogens (primary N) is 1. The number of carbonyl (C=O) groups is 1. The zero-order chi connectivity index (χ0) is 33.4. The lowest BCUT2D eigenvalue weighted by Gasteiger charge is -2.39. The Hall–Kier alpha value is -4.30. The molecule has 1 aliphatic carbocycles. The molecule has 0 radical (unpaired) electrons. The van der Waals surface area contributed by atoms with E-state index in [4.69, 9.17) is 33.7 Å². The average molecular weight is 681 g/mol. The number of allylic oxidation sites excluding steroid dienone is 1. The first-order valence-corrected chi connectivity index (χ1v) is 17.2. The van der Waals surface area contributed by atoms with Crippen LogP contribution in [-0.4, -0.2) is 53.5 Å². The van der Waals surface area contributed by atoms with E-state index in [-0.39, 0.29) is 5.41 Å². The highest BCUT2D eigenvalue weighted by molar-refractivity contribution is 6.31. The molecule has 1 amide bonds. The number of aromatic nitrogens is 2. The summed E-state index contributed by atoms with van der Waals surface area (Å²) in [7, 11) is 0. The second-order valence-electron chi connectivity index (χ2n) is 13.6. The fourth-order valence-electron chi connectivity index (χ4n) is 6.97. The highest BCUT2D eigenvalue weighted by Crippen LogP contribution is 2.46. The van der Waals surface area contributed by atoms with Crippen molar-refractivity contribution in [1.29, 1.82) is 0 Å². The van der Waals surface area contributed by atoms with Crippen LogP contribution in [-0.2, 0) is 0 Å². The highest BCUT2D eigenvalue weighted by Gasteiger charge is 2.30. The van der Waals surface area contributed by atoms with Crippen molar-refractivity contribution in [2.24, 2.45) is 11.1 Å². The van der Waals surface area contributed by atoms with Crippen molar-refractivity contribution >= 4 is 51.4 Å². The van der Waals surface area contributed by atoms with Crippen LogP contribution in [0.25, 0.3) is 27.7 Å². The van der Waals surface area contributed by atoms with Crippen molar-refractivity contribution in [2.45, 2.75) is 33.1 Å². The number of nitrogens with zero attached hydrogens (tertiary/aromatic N) is 3. The molecule has 0 atom stereocenters. The van der Waals surface area contributed by atoms with Gasteiger partial charge in [0.15, 0.2) is 0 Å². The molecule has 9 heteroatoms. The molecule has 2 aromatic heterocycles. The lowest BCUT2D eigenvalue weighted by Crippen LogP contribution is -2.47. The lowest BCUT2D eigenvalue weighted by molar-refractivity contribution is 0.0998. The van der Waals surface area contributed by atoms with Crippen molar-refractivity contribution in [2.75, 3.05) is 37.6 Å². The summed E-state index contributed by atoms with van der Waals surface area (Å²) in [5, 5.41) is 2.38. The summed E-state index contributed by atoms with van der Waals surface area (Å²) < 4.78 is 6.19. The molecule has 5 aromatic rings. The van der Waals surface area contributed by atoms with Crippen LogP contribution in [0.4, 0.5) is 5.69 Å². The standard InChI is InChI=1S/C39H39Cl2N5O2/c1-39(2)13-11-27(35(22-39)32-9-7-29(41)20-34(32)25-3-5-28(40)6-4-25)24-45-15-17-46(18-16-45)30-8-10-33(37(42)47)36(21-30)48-31-19-26-12-14-43-38(26)44-23-31/h3-10,12,14,19-21,23H,11,13,15-18,22,24H2,1-2H3,(H2,42,47)(H,43,44). The van der Waals surface area contributed by atoms with Crippen LogP contribution in [0, 0.1) is 5.41 Å². The zero-order valence-corrected chi connectivity index (χ0v) is 28.7. The number of amides is 1. The van der Waals surface area contributed by atoms with Gasteiger partial charge >= 0.3 is 0 Å². The number of fused-ring (bicyclic) bond motifs is 1. The molecule has 0 spiro atoms. The lowest BCUT2D eigenvalue weighted by atomic mass is 9.71. The molecule has 1 saturated heterocycles. The number of pyridine rings is 1. The summed E-state index contributed by atoms with van der Waals surface area (Å²) in [6.07, 6.45) is 6.74. The van der Waals surface area contributed by atoms with E-state index in [0.29, 0.717) is 17.1 Å². The van der Waals surface area contributed by atoms with Crippen molar-refractivity contribution < 1.29 is 9.53 Å². The maximum Gasteiger partial charge on any atom is 0.252 e. The predicted octanol–water partition coefficient (Wildman–Crippen LogP) is 9.21. The van der Waals surface area contributed by atoms with Gasteiger partial charge in [-0.15, -0.1) is 0 Å². The molecule has 7 rings (SSSR count). The number of ether oxygens (including phenoxy) is 1. The minimum atomic E-state index is -0.531. The first-order valence-electron chi connectivity index (χ1n) is 16.4. The summed E-state index contributed by atoms with van der Waals surface area (Å²) in [6, 6.07) is 23.8. The molecule has 2 aliphatic rings. The number of halogens is 2. The quantitative estimate of drug-likeness (QED) is 0.171. The first-order chi connectivity index (χ1) is 23.1. The summed E-state index contributed by atoms with van der Waals surface area (Å²) >= 11 is 12.8. The Bertz CT molecular complexity index is 2010. The van der Waals surface area contributed by atoms with Crippen LogP contribution >= 0.6 is 23.2 Å². The normalized spacial score (nSPS) is 16.8. The number of rotatable bonds is 8. The van der Waals surface area contributed by atoms with Crippen molar-refractivity contribution in [3.8, 4) is 22.6 Å². The van der Waals surface area contributed by atoms with Crippen LogP contribution < -0.4 is 15.4 Å². The van der Waals surface area contributed by atoms with Gasteiger partial charge in [-0.25, -0.2) is 4.98 Å². The molecule has 0 saturated carbocycles. The highest BCUT2D eigenvalue weighted by atomic mass is 35.5. The van der Waals surface area contributed by atoms with Gasteiger partial charge in [0, 0.05) is 66.1 Å². The maximum absolute atomic E-state index is 12.3. The number of benzene rings is 3. The predicted molar refractivity (Wildman–Crippen MR) is 196 cm³/mol. The number of H-pyrrole nitrogens is 1. The fourth-order valence-corrected chi connectivity index (χ4v) is 7.27. The summed E-state index contributed by atoms with van der Waals surface area (Å²) in [5.74, 6) is 0.445. The molecule has 48 heavy (non-hydrogen) atoms. The van der Waals surface area contributed by atoms with E-state index in [1.165, 1.54) is 16.7 Å². The molecular formula is C39H39Cl2N5O2. The van der Waals surface area contributed by atoms with Gasteiger partial charge in [0.2, 0.25) is 0 Å². The Kier molecular flexibility index (Phi) is 8.94.